The SMILES string of the molecule is Cn1ncc2c(N3CCN(c4nccn5cnnc45)CC3)ncnc21. The minimum atomic E-state index is 0.785. The van der Waals surface area contributed by atoms with Gasteiger partial charge in [0, 0.05) is 45.6 Å². The lowest BCUT2D eigenvalue weighted by Crippen LogP contribution is -2.47. The van der Waals surface area contributed by atoms with Crippen LogP contribution in [0.25, 0.3) is 16.7 Å². The van der Waals surface area contributed by atoms with Gasteiger partial charge in [-0.1, -0.05) is 0 Å². The number of aromatic nitrogens is 8. The molecule has 0 N–H and O–H groups in total. The highest BCUT2D eigenvalue weighted by atomic mass is 15.3. The van der Waals surface area contributed by atoms with Gasteiger partial charge in [0.25, 0.3) is 0 Å². The van der Waals surface area contributed by atoms with Crippen molar-refractivity contribution in [1.82, 2.24) is 39.3 Å². The summed E-state index contributed by atoms with van der Waals surface area (Å²) in [5, 5.41) is 13.4. The number of hydrogen-bond acceptors (Lipinski definition) is 8. The van der Waals surface area contributed by atoms with Gasteiger partial charge in [0.2, 0.25) is 5.65 Å². The first-order valence-electron chi connectivity index (χ1n) is 8.08. The van der Waals surface area contributed by atoms with Crippen molar-refractivity contribution >= 4 is 28.3 Å². The Balaban J connectivity index is 1.42. The Labute approximate surface area is 142 Å². The zero-order chi connectivity index (χ0) is 16.8. The molecule has 5 heterocycles. The van der Waals surface area contributed by atoms with Crippen molar-refractivity contribution < 1.29 is 0 Å². The number of piperazine rings is 1. The van der Waals surface area contributed by atoms with Gasteiger partial charge in [-0.25, -0.2) is 15.0 Å². The first-order valence-corrected chi connectivity index (χ1v) is 8.08. The highest BCUT2D eigenvalue weighted by Crippen LogP contribution is 2.25. The molecule has 0 spiro atoms. The normalized spacial score (nSPS) is 15.4. The van der Waals surface area contributed by atoms with Crippen molar-refractivity contribution in [2.45, 2.75) is 0 Å². The summed E-state index contributed by atoms with van der Waals surface area (Å²) in [4.78, 5) is 17.8. The number of rotatable bonds is 2. The molecular formula is C15H16N10. The first-order chi connectivity index (χ1) is 12.3. The number of fused-ring (bicyclic) bond motifs is 2. The molecule has 1 aliphatic heterocycles. The molecule has 0 bridgehead atoms. The van der Waals surface area contributed by atoms with Crippen molar-refractivity contribution in [1.29, 1.82) is 0 Å². The van der Waals surface area contributed by atoms with Crippen LogP contribution in [0.15, 0.2) is 31.2 Å². The van der Waals surface area contributed by atoms with E-state index in [0.29, 0.717) is 0 Å². The van der Waals surface area contributed by atoms with Crippen LogP contribution in [-0.2, 0) is 7.05 Å². The lowest BCUT2D eigenvalue weighted by molar-refractivity contribution is 0.643. The molecule has 1 fully saturated rings. The highest BCUT2D eigenvalue weighted by molar-refractivity contribution is 5.86. The van der Waals surface area contributed by atoms with Crippen LogP contribution in [0.4, 0.5) is 11.6 Å². The fourth-order valence-electron chi connectivity index (χ4n) is 3.30. The minimum absolute atomic E-state index is 0.785. The summed E-state index contributed by atoms with van der Waals surface area (Å²) in [5.41, 5.74) is 1.63. The fourth-order valence-corrected chi connectivity index (χ4v) is 3.30. The second kappa shape index (κ2) is 5.36. The molecule has 126 valence electrons. The van der Waals surface area contributed by atoms with Crippen molar-refractivity contribution in [2.24, 2.45) is 7.05 Å². The molecule has 1 saturated heterocycles. The summed E-state index contributed by atoms with van der Waals surface area (Å²) in [7, 11) is 1.89. The number of hydrogen-bond donors (Lipinski definition) is 0. The fraction of sp³-hybridized carbons (Fsp3) is 0.333. The van der Waals surface area contributed by atoms with Gasteiger partial charge in [-0.3, -0.25) is 9.08 Å². The number of nitrogens with zero attached hydrogens (tertiary/aromatic N) is 10. The molecule has 4 aromatic rings. The molecule has 10 nitrogen and oxygen atoms in total. The van der Waals surface area contributed by atoms with Crippen LogP contribution in [0.3, 0.4) is 0 Å². The van der Waals surface area contributed by atoms with Crippen molar-refractivity contribution in [3.8, 4) is 0 Å². The predicted molar refractivity (Wildman–Crippen MR) is 91.5 cm³/mol. The second-order valence-corrected chi connectivity index (χ2v) is 5.99. The van der Waals surface area contributed by atoms with Crippen molar-refractivity contribution in [3.05, 3.63) is 31.2 Å². The average Bonchev–Trinajstić information content (AvgIpc) is 3.28. The van der Waals surface area contributed by atoms with Crippen molar-refractivity contribution in [3.63, 3.8) is 0 Å². The van der Waals surface area contributed by atoms with Gasteiger partial charge in [0.1, 0.15) is 18.5 Å². The van der Waals surface area contributed by atoms with Gasteiger partial charge >= 0.3 is 0 Å². The van der Waals surface area contributed by atoms with Gasteiger partial charge in [0.05, 0.1) is 11.6 Å². The molecule has 1 aliphatic rings. The smallest absolute Gasteiger partial charge is 0.203 e. The molecule has 0 radical (unpaired) electrons. The predicted octanol–water partition coefficient (Wildman–Crippen LogP) is 0.128. The van der Waals surface area contributed by atoms with Gasteiger partial charge in [-0.15, -0.1) is 10.2 Å². The van der Waals surface area contributed by atoms with E-state index in [1.54, 1.807) is 23.5 Å². The van der Waals surface area contributed by atoms with Gasteiger partial charge in [-0.05, 0) is 0 Å². The van der Waals surface area contributed by atoms with Gasteiger partial charge in [0.15, 0.2) is 11.5 Å². The van der Waals surface area contributed by atoms with E-state index in [4.69, 9.17) is 0 Å². The summed E-state index contributed by atoms with van der Waals surface area (Å²) in [5.74, 6) is 1.81. The molecule has 0 aliphatic carbocycles. The van der Waals surface area contributed by atoms with E-state index in [0.717, 1.165) is 54.5 Å². The maximum Gasteiger partial charge on any atom is 0.203 e. The summed E-state index contributed by atoms with van der Waals surface area (Å²) in [6.07, 6.45) is 8.76. The molecule has 4 aromatic heterocycles. The third kappa shape index (κ3) is 2.17. The maximum absolute atomic E-state index is 4.50. The summed E-state index contributed by atoms with van der Waals surface area (Å²) < 4.78 is 3.66. The van der Waals surface area contributed by atoms with E-state index >= 15 is 0 Å². The Hall–Kier alpha value is -3.30. The Kier molecular flexibility index (Phi) is 3.02. The van der Waals surface area contributed by atoms with Crippen LogP contribution in [0, 0.1) is 0 Å². The molecule has 0 unspecified atom stereocenters. The first kappa shape index (κ1) is 14.1. The van der Waals surface area contributed by atoms with Crippen LogP contribution in [0.2, 0.25) is 0 Å². The van der Waals surface area contributed by atoms with Crippen LogP contribution in [0.5, 0.6) is 0 Å². The van der Waals surface area contributed by atoms with Crippen LogP contribution in [0.1, 0.15) is 0 Å². The number of aryl methyl sites for hydroxylation is 1. The molecular weight excluding hydrogens is 320 g/mol. The summed E-state index contributed by atoms with van der Waals surface area (Å²) in [6, 6.07) is 0. The Bertz CT molecular complexity index is 1040. The molecule has 5 rings (SSSR count). The largest absolute Gasteiger partial charge is 0.352 e. The lowest BCUT2D eigenvalue weighted by Gasteiger charge is -2.36. The molecule has 0 amide bonds. The van der Waals surface area contributed by atoms with Crippen molar-refractivity contribution in [2.75, 3.05) is 36.0 Å². The van der Waals surface area contributed by atoms with E-state index in [9.17, 15) is 0 Å². The summed E-state index contributed by atoms with van der Waals surface area (Å²) in [6.45, 7) is 3.37. The van der Waals surface area contributed by atoms with Crippen LogP contribution in [-0.4, -0.2) is 65.5 Å². The molecule has 0 aromatic carbocycles. The number of anilines is 2. The molecule has 0 atom stereocenters. The second-order valence-electron chi connectivity index (χ2n) is 5.99. The average molecular weight is 336 g/mol. The Morgan fingerprint density at radius 2 is 1.72 bits per heavy atom. The Morgan fingerprint density at radius 1 is 0.920 bits per heavy atom. The van der Waals surface area contributed by atoms with E-state index in [1.165, 1.54) is 0 Å². The minimum Gasteiger partial charge on any atom is -0.352 e. The zero-order valence-electron chi connectivity index (χ0n) is 13.7. The molecule has 25 heavy (non-hydrogen) atoms. The van der Waals surface area contributed by atoms with Crippen LogP contribution >= 0.6 is 0 Å². The van der Waals surface area contributed by atoms with Gasteiger partial charge in [-0.2, -0.15) is 5.10 Å². The molecule has 10 heteroatoms. The standard InChI is InChI=1S/C15H16N10/c1-22-12-11(8-20-22)13(18-9-17-12)23-4-6-24(7-5-23)14-15-21-19-10-25(15)3-2-16-14/h2-3,8-10H,4-7H2,1H3. The van der Waals surface area contributed by atoms with E-state index in [2.05, 4.69) is 40.0 Å². The topological polar surface area (TPSA) is 93.2 Å². The maximum atomic E-state index is 4.50. The van der Waals surface area contributed by atoms with Crippen LogP contribution < -0.4 is 9.80 Å². The Morgan fingerprint density at radius 3 is 2.56 bits per heavy atom. The van der Waals surface area contributed by atoms with E-state index in [1.807, 2.05) is 23.8 Å². The quantitative estimate of drug-likeness (QED) is 0.510. The van der Waals surface area contributed by atoms with E-state index < -0.39 is 0 Å². The van der Waals surface area contributed by atoms with E-state index in [-0.39, 0.29) is 0 Å². The van der Waals surface area contributed by atoms with Gasteiger partial charge < -0.3 is 9.80 Å². The summed E-state index contributed by atoms with van der Waals surface area (Å²) >= 11 is 0. The third-order valence-corrected chi connectivity index (χ3v) is 4.58. The molecule has 0 saturated carbocycles. The monoisotopic (exact) mass is 336 g/mol. The third-order valence-electron chi connectivity index (χ3n) is 4.58. The highest BCUT2D eigenvalue weighted by Gasteiger charge is 2.23. The zero-order valence-corrected chi connectivity index (χ0v) is 13.7. The lowest BCUT2D eigenvalue weighted by atomic mass is 10.2.